The molecule has 0 atom stereocenters. The second kappa shape index (κ2) is 4.57. The highest BCUT2D eigenvalue weighted by Crippen LogP contribution is 2.41. The van der Waals surface area contributed by atoms with E-state index in [4.69, 9.17) is 0 Å². The fraction of sp³-hybridized carbons (Fsp3) is 0.308. The lowest BCUT2D eigenvalue weighted by Gasteiger charge is -2.06. The SMILES string of the molecule is CSc1cccc(-n2nnc(C=O)c2C2CC2)c1. The van der Waals surface area contributed by atoms with E-state index in [1.54, 1.807) is 16.4 Å². The van der Waals surface area contributed by atoms with E-state index in [2.05, 4.69) is 22.4 Å². The number of benzene rings is 1. The normalized spacial score (nSPS) is 14.7. The van der Waals surface area contributed by atoms with Crippen LogP contribution in [0.25, 0.3) is 5.69 Å². The minimum atomic E-state index is 0.443. The smallest absolute Gasteiger partial charge is 0.172 e. The van der Waals surface area contributed by atoms with Crippen molar-refractivity contribution in [1.29, 1.82) is 0 Å². The second-order valence-electron chi connectivity index (χ2n) is 4.37. The highest BCUT2D eigenvalue weighted by molar-refractivity contribution is 7.98. The Bertz CT molecular complexity index is 590. The molecule has 1 aromatic carbocycles. The largest absolute Gasteiger partial charge is 0.296 e. The number of aldehydes is 1. The zero-order chi connectivity index (χ0) is 12.5. The van der Waals surface area contributed by atoms with Crippen molar-refractivity contribution in [1.82, 2.24) is 15.0 Å². The molecule has 92 valence electrons. The van der Waals surface area contributed by atoms with Gasteiger partial charge >= 0.3 is 0 Å². The molecule has 0 radical (unpaired) electrons. The van der Waals surface area contributed by atoms with E-state index in [-0.39, 0.29) is 0 Å². The molecule has 0 amide bonds. The van der Waals surface area contributed by atoms with Gasteiger partial charge in [0.15, 0.2) is 6.29 Å². The van der Waals surface area contributed by atoms with Gasteiger partial charge in [0.1, 0.15) is 5.69 Å². The number of carbonyl (C=O) groups excluding carboxylic acids is 1. The van der Waals surface area contributed by atoms with Gasteiger partial charge in [0.2, 0.25) is 0 Å². The maximum atomic E-state index is 11.0. The molecule has 1 heterocycles. The maximum Gasteiger partial charge on any atom is 0.172 e. The van der Waals surface area contributed by atoms with Gasteiger partial charge in [0, 0.05) is 10.8 Å². The number of rotatable bonds is 4. The predicted octanol–water partition coefficient (Wildman–Crippen LogP) is 2.68. The molecule has 18 heavy (non-hydrogen) atoms. The van der Waals surface area contributed by atoms with Crippen molar-refractivity contribution >= 4 is 18.0 Å². The van der Waals surface area contributed by atoms with E-state index in [1.807, 2.05) is 18.4 Å². The van der Waals surface area contributed by atoms with Gasteiger partial charge in [0.25, 0.3) is 0 Å². The Labute approximate surface area is 109 Å². The number of aromatic nitrogens is 3. The average molecular weight is 259 g/mol. The molecular weight excluding hydrogens is 246 g/mol. The number of thioether (sulfide) groups is 1. The third-order valence-electron chi connectivity index (χ3n) is 3.11. The summed E-state index contributed by atoms with van der Waals surface area (Å²) < 4.78 is 1.81. The van der Waals surface area contributed by atoms with Gasteiger partial charge < -0.3 is 0 Å². The minimum absolute atomic E-state index is 0.443. The lowest BCUT2D eigenvalue weighted by molar-refractivity contribution is 0.111. The number of hydrogen-bond donors (Lipinski definition) is 0. The summed E-state index contributed by atoms with van der Waals surface area (Å²) in [6.45, 7) is 0. The van der Waals surface area contributed by atoms with Crippen molar-refractivity contribution in [2.45, 2.75) is 23.7 Å². The van der Waals surface area contributed by atoms with Gasteiger partial charge in [-0.1, -0.05) is 11.3 Å². The van der Waals surface area contributed by atoms with Gasteiger partial charge in [-0.15, -0.1) is 16.9 Å². The minimum Gasteiger partial charge on any atom is -0.296 e. The molecule has 1 aliphatic carbocycles. The summed E-state index contributed by atoms with van der Waals surface area (Å²) in [7, 11) is 0. The lowest BCUT2D eigenvalue weighted by Crippen LogP contribution is -2.02. The Morgan fingerprint density at radius 1 is 1.44 bits per heavy atom. The van der Waals surface area contributed by atoms with Crippen LogP contribution in [0.3, 0.4) is 0 Å². The molecular formula is C13H13N3OS. The Balaban J connectivity index is 2.10. The first-order valence-corrected chi connectivity index (χ1v) is 7.11. The van der Waals surface area contributed by atoms with Crippen LogP contribution in [0.15, 0.2) is 29.2 Å². The highest BCUT2D eigenvalue weighted by Gasteiger charge is 2.31. The number of carbonyl (C=O) groups is 1. The lowest BCUT2D eigenvalue weighted by atomic mass is 10.2. The van der Waals surface area contributed by atoms with Crippen molar-refractivity contribution < 1.29 is 4.79 Å². The molecule has 0 saturated heterocycles. The Morgan fingerprint density at radius 2 is 2.28 bits per heavy atom. The van der Waals surface area contributed by atoms with Gasteiger partial charge in [-0.2, -0.15) is 0 Å². The summed E-state index contributed by atoms with van der Waals surface area (Å²) in [5.74, 6) is 0.443. The van der Waals surface area contributed by atoms with Crippen LogP contribution >= 0.6 is 11.8 Å². The summed E-state index contributed by atoms with van der Waals surface area (Å²) in [4.78, 5) is 12.2. The molecule has 0 unspecified atom stereocenters. The maximum absolute atomic E-state index is 11.0. The van der Waals surface area contributed by atoms with Crippen molar-refractivity contribution in [3.63, 3.8) is 0 Å². The van der Waals surface area contributed by atoms with Crippen LogP contribution in [0.4, 0.5) is 0 Å². The van der Waals surface area contributed by atoms with Gasteiger partial charge in [0.05, 0.1) is 11.4 Å². The van der Waals surface area contributed by atoms with Gasteiger partial charge in [-0.3, -0.25) is 4.79 Å². The van der Waals surface area contributed by atoms with E-state index in [0.29, 0.717) is 11.6 Å². The Hall–Kier alpha value is -1.62. The fourth-order valence-corrected chi connectivity index (χ4v) is 2.51. The van der Waals surface area contributed by atoms with Crippen molar-refractivity contribution in [2.24, 2.45) is 0 Å². The molecule has 0 aliphatic heterocycles. The molecule has 0 N–H and O–H groups in total. The molecule has 1 saturated carbocycles. The quantitative estimate of drug-likeness (QED) is 0.625. The Morgan fingerprint density at radius 3 is 2.94 bits per heavy atom. The number of nitrogens with zero attached hydrogens (tertiary/aromatic N) is 3. The zero-order valence-electron chi connectivity index (χ0n) is 10.0. The molecule has 1 fully saturated rings. The van der Waals surface area contributed by atoms with Crippen molar-refractivity contribution in [3.8, 4) is 5.69 Å². The van der Waals surface area contributed by atoms with Crippen LogP contribution < -0.4 is 0 Å². The monoisotopic (exact) mass is 259 g/mol. The van der Waals surface area contributed by atoms with E-state index in [1.165, 1.54) is 4.90 Å². The average Bonchev–Trinajstić information content (AvgIpc) is 3.17. The van der Waals surface area contributed by atoms with Crippen LogP contribution in [0.1, 0.15) is 34.9 Å². The zero-order valence-corrected chi connectivity index (χ0v) is 10.9. The van der Waals surface area contributed by atoms with E-state index in [0.717, 1.165) is 30.5 Å². The standard InChI is InChI=1S/C13H13N3OS/c1-18-11-4-2-3-10(7-11)16-13(9-5-6-9)12(8-17)14-15-16/h2-4,7-9H,5-6H2,1H3. The van der Waals surface area contributed by atoms with Crippen LogP contribution in [0.2, 0.25) is 0 Å². The highest BCUT2D eigenvalue weighted by atomic mass is 32.2. The molecule has 3 rings (SSSR count). The van der Waals surface area contributed by atoms with Gasteiger partial charge in [-0.25, -0.2) is 4.68 Å². The molecule has 1 aromatic heterocycles. The summed E-state index contributed by atoms with van der Waals surface area (Å²) in [5.41, 5.74) is 2.42. The topological polar surface area (TPSA) is 47.8 Å². The van der Waals surface area contributed by atoms with Crippen molar-refractivity contribution in [2.75, 3.05) is 6.26 Å². The van der Waals surface area contributed by atoms with Crippen LogP contribution in [0.5, 0.6) is 0 Å². The summed E-state index contributed by atoms with van der Waals surface area (Å²) in [6, 6.07) is 8.12. The first-order chi connectivity index (χ1) is 8.83. The van der Waals surface area contributed by atoms with Crippen LogP contribution in [0, 0.1) is 0 Å². The van der Waals surface area contributed by atoms with E-state index in [9.17, 15) is 4.79 Å². The summed E-state index contributed by atoms with van der Waals surface area (Å²) in [5, 5.41) is 8.09. The summed E-state index contributed by atoms with van der Waals surface area (Å²) in [6.07, 6.45) is 5.08. The number of hydrogen-bond acceptors (Lipinski definition) is 4. The molecule has 0 bridgehead atoms. The predicted molar refractivity (Wildman–Crippen MR) is 70.5 cm³/mol. The first kappa shape index (κ1) is 11.5. The van der Waals surface area contributed by atoms with Crippen LogP contribution in [-0.2, 0) is 0 Å². The molecule has 2 aromatic rings. The molecule has 5 heteroatoms. The molecule has 0 spiro atoms. The van der Waals surface area contributed by atoms with Gasteiger partial charge in [-0.05, 0) is 37.3 Å². The Kier molecular flexibility index (Phi) is 2.91. The molecule has 4 nitrogen and oxygen atoms in total. The third kappa shape index (κ3) is 1.95. The first-order valence-electron chi connectivity index (χ1n) is 5.88. The summed E-state index contributed by atoms with van der Waals surface area (Å²) >= 11 is 1.69. The molecule has 1 aliphatic rings. The van der Waals surface area contributed by atoms with Crippen molar-refractivity contribution in [3.05, 3.63) is 35.7 Å². The fourth-order valence-electron chi connectivity index (χ4n) is 2.06. The van der Waals surface area contributed by atoms with Crippen LogP contribution in [-0.4, -0.2) is 27.5 Å². The second-order valence-corrected chi connectivity index (χ2v) is 5.24. The van der Waals surface area contributed by atoms with E-state index < -0.39 is 0 Å². The van der Waals surface area contributed by atoms with E-state index >= 15 is 0 Å². The third-order valence-corrected chi connectivity index (χ3v) is 3.83.